The fraction of sp³-hybridized carbons (Fsp3) is 0.250. The number of benzene rings is 3. The minimum atomic E-state index is -0.981. The number of nitrogens with zero attached hydrogens (tertiary/aromatic N) is 2. The molecule has 0 bridgehead atoms. The summed E-state index contributed by atoms with van der Waals surface area (Å²) in [6.45, 7) is 8.43. The summed E-state index contributed by atoms with van der Waals surface area (Å²) in [5.74, 6) is -0.116. The number of hydrogen-bond donors (Lipinski definition) is 1. The second kappa shape index (κ2) is 9.98. The maximum atomic E-state index is 12.3. The molecule has 0 saturated carbocycles. The first-order chi connectivity index (χ1) is 18.5. The van der Waals surface area contributed by atoms with Crippen LogP contribution in [0.1, 0.15) is 66.9 Å². The zero-order valence-electron chi connectivity index (χ0n) is 22.4. The van der Waals surface area contributed by atoms with Gasteiger partial charge < -0.3 is 9.84 Å². The molecular formula is C32H30N2O5. The van der Waals surface area contributed by atoms with Crippen LogP contribution in [0.4, 0.5) is 5.69 Å². The minimum Gasteiger partial charge on any atom is -0.478 e. The molecule has 0 amide bonds. The van der Waals surface area contributed by atoms with Crippen LogP contribution in [0.15, 0.2) is 66.7 Å². The van der Waals surface area contributed by atoms with Crippen LogP contribution in [0.3, 0.4) is 0 Å². The SMILES string of the molecule is CC1C/C(=C\c2ccc(Oc3ccc(C(C)(C)C)cc3)c([N+](=O)[O-])c2)c2nc3ccccc3c(C(=O)O)c2C1. The van der Waals surface area contributed by atoms with Gasteiger partial charge in [-0.1, -0.05) is 64.1 Å². The lowest BCUT2D eigenvalue weighted by molar-refractivity contribution is -0.385. The smallest absolute Gasteiger partial charge is 0.336 e. The van der Waals surface area contributed by atoms with Crippen LogP contribution in [0.25, 0.3) is 22.6 Å². The number of hydrogen-bond acceptors (Lipinski definition) is 5. The third kappa shape index (κ3) is 5.25. The topological polar surface area (TPSA) is 103 Å². The number of carboxylic acid groups (broad SMARTS) is 1. The Morgan fingerprint density at radius 1 is 1.08 bits per heavy atom. The van der Waals surface area contributed by atoms with Crippen LogP contribution >= 0.6 is 0 Å². The highest BCUT2D eigenvalue weighted by atomic mass is 16.6. The van der Waals surface area contributed by atoms with Crippen molar-refractivity contribution < 1.29 is 19.6 Å². The van der Waals surface area contributed by atoms with Gasteiger partial charge in [0.05, 0.1) is 21.7 Å². The molecule has 7 nitrogen and oxygen atoms in total. The van der Waals surface area contributed by atoms with E-state index in [0.717, 1.165) is 11.1 Å². The summed E-state index contributed by atoms with van der Waals surface area (Å²) in [5.41, 5.74) is 4.71. The molecule has 5 rings (SSSR count). The summed E-state index contributed by atoms with van der Waals surface area (Å²) in [7, 11) is 0. The Kier molecular flexibility index (Phi) is 6.68. The number of nitro groups is 1. The zero-order chi connectivity index (χ0) is 27.9. The number of carbonyl (C=O) groups is 1. The van der Waals surface area contributed by atoms with Crippen molar-refractivity contribution in [3.8, 4) is 11.5 Å². The first-order valence-electron chi connectivity index (χ1n) is 12.9. The monoisotopic (exact) mass is 522 g/mol. The van der Waals surface area contributed by atoms with Crippen molar-refractivity contribution in [3.63, 3.8) is 0 Å². The lowest BCUT2D eigenvalue weighted by Crippen LogP contribution is -2.17. The van der Waals surface area contributed by atoms with E-state index in [1.54, 1.807) is 18.2 Å². The number of fused-ring (bicyclic) bond motifs is 2. The van der Waals surface area contributed by atoms with E-state index in [0.29, 0.717) is 46.3 Å². The number of pyridine rings is 1. The van der Waals surface area contributed by atoms with Gasteiger partial charge in [0.25, 0.3) is 0 Å². The van der Waals surface area contributed by atoms with E-state index in [1.807, 2.05) is 48.5 Å². The number of allylic oxidation sites excluding steroid dienone is 1. The Hall–Kier alpha value is -4.52. The van der Waals surface area contributed by atoms with Crippen LogP contribution < -0.4 is 4.74 Å². The molecule has 1 aromatic heterocycles. The number of rotatable bonds is 5. The van der Waals surface area contributed by atoms with E-state index in [1.165, 1.54) is 6.07 Å². The first-order valence-corrected chi connectivity index (χ1v) is 12.9. The molecule has 1 atom stereocenters. The van der Waals surface area contributed by atoms with E-state index in [-0.39, 0.29) is 28.3 Å². The number of aromatic nitrogens is 1. The maximum absolute atomic E-state index is 12.3. The highest BCUT2D eigenvalue weighted by Crippen LogP contribution is 2.40. The Labute approximate surface area is 226 Å². The zero-order valence-corrected chi connectivity index (χ0v) is 22.4. The Morgan fingerprint density at radius 2 is 1.79 bits per heavy atom. The van der Waals surface area contributed by atoms with Crippen molar-refractivity contribution in [2.24, 2.45) is 5.92 Å². The fourth-order valence-corrected chi connectivity index (χ4v) is 5.18. The summed E-state index contributed by atoms with van der Waals surface area (Å²) < 4.78 is 5.91. The van der Waals surface area contributed by atoms with Gasteiger partial charge in [-0.05, 0) is 76.8 Å². The molecule has 4 aromatic rings. The van der Waals surface area contributed by atoms with Gasteiger partial charge in [-0.2, -0.15) is 0 Å². The van der Waals surface area contributed by atoms with E-state index < -0.39 is 10.9 Å². The Balaban J connectivity index is 1.55. The second-order valence-corrected chi connectivity index (χ2v) is 11.2. The van der Waals surface area contributed by atoms with Gasteiger partial charge in [0.1, 0.15) is 5.75 Å². The molecule has 7 heteroatoms. The quantitative estimate of drug-likeness (QED) is 0.210. The summed E-state index contributed by atoms with van der Waals surface area (Å²) >= 11 is 0. The molecule has 1 unspecified atom stereocenters. The number of aromatic carboxylic acids is 1. The molecule has 0 saturated heterocycles. The largest absolute Gasteiger partial charge is 0.478 e. The molecule has 0 spiro atoms. The van der Waals surface area contributed by atoms with Gasteiger partial charge >= 0.3 is 11.7 Å². The van der Waals surface area contributed by atoms with Gasteiger partial charge in [-0.15, -0.1) is 0 Å². The fourth-order valence-electron chi connectivity index (χ4n) is 5.18. The van der Waals surface area contributed by atoms with Gasteiger partial charge in [-0.3, -0.25) is 10.1 Å². The van der Waals surface area contributed by atoms with Crippen LogP contribution in [0.5, 0.6) is 11.5 Å². The maximum Gasteiger partial charge on any atom is 0.336 e. The number of ether oxygens (including phenoxy) is 1. The van der Waals surface area contributed by atoms with Gasteiger partial charge in [0.15, 0.2) is 0 Å². The average Bonchev–Trinajstić information content (AvgIpc) is 2.88. The third-order valence-electron chi connectivity index (χ3n) is 7.10. The highest BCUT2D eigenvalue weighted by molar-refractivity contribution is 6.06. The van der Waals surface area contributed by atoms with E-state index in [4.69, 9.17) is 9.72 Å². The van der Waals surface area contributed by atoms with E-state index >= 15 is 0 Å². The molecular weight excluding hydrogens is 492 g/mol. The summed E-state index contributed by atoms with van der Waals surface area (Å²) in [6, 6.07) is 19.7. The van der Waals surface area contributed by atoms with Crippen molar-refractivity contribution in [3.05, 3.63) is 105 Å². The Morgan fingerprint density at radius 3 is 2.46 bits per heavy atom. The molecule has 0 radical (unpaired) electrons. The van der Waals surface area contributed by atoms with Crippen LogP contribution in [0.2, 0.25) is 0 Å². The number of carboxylic acids is 1. The van der Waals surface area contributed by atoms with E-state index in [2.05, 4.69) is 27.7 Å². The molecule has 1 aliphatic rings. The molecule has 0 fully saturated rings. The molecule has 39 heavy (non-hydrogen) atoms. The van der Waals surface area contributed by atoms with Crippen molar-refractivity contribution in [2.45, 2.75) is 46.0 Å². The second-order valence-electron chi connectivity index (χ2n) is 11.2. The molecule has 1 heterocycles. The minimum absolute atomic E-state index is 0.0126. The molecule has 3 aromatic carbocycles. The summed E-state index contributed by atoms with van der Waals surface area (Å²) in [6.07, 6.45) is 3.16. The van der Waals surface area contributed by atoms with Crippen LogP contribution in [-0.4, -0.2) is 21.0 Å². The number of nitro benzene ring substituents is 1. The average molecular weight is 523 g/mol. The van der Waals surface area contributed by atoms with Gasteiger partial charge in [0, 0.05) is 11.5 Å². The van der Waals surface area contributed by atoms with Gasteiger partial charge in [0.2, 0.25) is 5.75 Å². The van der Waals surface area contributed by atoms with Crippen molar-refractivity contribution in [1.29, 1.82) is 0 Å². The van der Waals surface area contributed by atoms with Crippen LogP contribution in [-0.2, 0) is 11.8 Å². The lowest BCUT2D eigenvalue weighted by atomic mass is 9.80. The normalized spacial score (nSPS) is 16.2. The van der Waals surface area contributed by atoms with Crippen molar-refractivity contribution in [2.75, 3.05) is 0 Å². The highest BCUT2D eigenvalue weighted by Gasteiger charge is 2.28. The van der Waals surface area contributed by atoms with Crippen molar-refractivity contribution in [1.82, 2.24) is 4.98 Å². The molecule has 0 aliphatic heterocycles. The van der Waals surface area contributed by atoms with E-state index in [9.17, 15) is 20.0 Å². The molecule has 198 valence electrons. The Bertz CT molecular complexity index is 1630. The van der Waals surface area contributed by atoms with Crippen molar-refractivity contribution >= 4 is 34.2 Å². The molecule has 1 N–H and O–H groups in total. The first kappa shape index (κ1) is 26.1. The predicted molar refractivity (Wildman–Crippen MR) is 152 cm³/mol. The summed E-state index contributed by atoms with van der Waals surface area (Å²) in [4.78, 5) is 28.7. The number of para-hydroxylation sites is 1. The lowest BCUT2D eigenvalue weighted by Gasteiger charge is -2.26. The van der Waals surface area contributed by atoms with Gasteiger partial charge in [-0.25, -0.2) is 9.78 Å². The predicted octanol–water partition coefficient (Wildman–Crippen LogP) is 8.05. The standard InChI is InChI=1S/C32H30N2O5/c1-19-15-21(30-25(16-19)29(31(35)36)24-7-5-6-8-26(24)33-30)17-20-9-14-28(27(18-20)34(37)38)39-23-12-10-22(11-13-23)32(2,3)4/h5-14,17-19H,15-16H2,1-4H3,(H,35,36)/b21-17+. The van der Waals surface area contributed by atoms with Crippen LogP contribution in [0, 0.1) is 16.0 Å². The summed E-state index contributed by atoms with van der Waals surface area (Å²) in [5, 5.41) is 22.7. The third-order valence-corrected chi connectivity index (χ3v) is 7.10. The molecule has 1 aliphatic carbocycles.